The molecule has 19 heavy (non-hydrogen) atoms. The summed E-state index contributed by atoms with van der Waals surface area (Å²) in [7, 11) is 0. The Morgan fingerprint density at radius 1 is 1.11 bits per heavy atom. The molecule has 3 rings (SSSR count). The molecular weight excluding hydrogens is 252 g/mol. The SMILES string of the molecule is CSc1ccccc1-c1nc2c(C)cc(C)cc2[nH]1. The second kappa shape index (κ2) is 4.74. The number of H-pyrrole nitrogens is 1. The van der Waals surface area contributed by atoms with Crippen LogP contribution in [-0.2, 0) is 0 Å². The number of aryl methyl sites for hydroxylation is 2. The van der Waals surface area contributed by atoms with E-state index in [4.69, 9.17) is 4.98 Å². The summed E-state index contributed by atoms with van der Waals surface area (Å²) in [5, 5.41) is 0. The van der Waals surface area contributed by atoms with E-state index in [1.165, 1.54) is 21.6 Å². The van der Waals surface area contributed by atoms with Gasteiger partial charge in [0.05, 0.1) is 11.0 Å². The lowest BCUT2D eigenvalue weighted by Gasteiger charge is -2.02. The summed E-state index contributed by atoms with van der Waals surface area (Å²) in [6, 6.07) is 12.7. The molecule has 2 aromatic carbocycles. The Bertz CT molecular complexity index is 744. The molecule has 0 saturated carbocycles. The van der Waals surface area contributed by atoms with Gasteiger partial charge < -0.3 is 4.98 Å². The van der Waals surface area contributed by atoms with Crippen molar-refractivity contribution in [3.63, 3.8) is 0 Å². The summed E-state index contributed by atoms with van der Waals surface area (Å²) in [5.41, 5.74) is 5.83. The van der Waals surface area contributed by atoms with Crippen molar-refractivity contribution in [1.82, 2.24) is 9.97 Å². The first kappa shape index (κ1) is 12.3. The molecule has 0 unspecified atom stereocenters. The van der Waals surface area contributed by atoms with Crippen molar-refractivity contribution >= 4 is 22.8 Å². The highest BCUT2D eigenvalue weighted by Gasteiger charge is 2.10. The predicted octanol–water partition coefficient (Wildman–Crippen LogP) is 4.57. The average Bonchev–Trinajstić information content (AvgIpc) is 2.82. The molecule has 1 heterocycles. The Hall–Kier alpha value is -1.74. The average molecular weight is 268 g/mol. The van der Waals surface area contributed by atoms with E-state index in [-0.39, 0.29) is 0 Å². The van der Waals surface area contributed by atoms with E-state index in [1.807, 2.05) is 0 Å². The second-order valence-electron chi connectivity index (χ2n) is 4.76. The monoisotopic (exact) mass is 268 g/mol. The molecule has 0 amide bonds. The maximum absolute atomic E-state index is 4.76. The van der Waals surface area contributed by atoms with Crippen molar-refractivity contribution < 1.29 is 0 Å². The summed E-state index contributed by atoms with van der Waals surface area (Å²) < 4.78 is 0. The molecular formula is C16H16N2S. The van der Waals surface area contributed by atoms with Crippen molar-refractivity contribution in [2.75, 3.05) is 6.26 Å². The van der Waals surface area contributed by atoms with Crippen molar-refractivity contribution in [2.24, 2.45) is 0 Å². The predicted molar refractivity (Wildman–Crippen MR) is 82.8 cm³/mol. The zero-order valence-corrected chi connectivity index (χ0v) is 12.1. The summed E-state index contributed by atoms with van der Waals surface area (Å²) in [6.45, 7) is 4.23. The van der Waals surface area contributed by atoms with Gasteiger partial charge in [-0.1, -0.05) is 24.3 Å². The molecule has 0 spiro atoms. The lowest BCUT2D eigenvalue weighted by atomic mass is 10.1. The Morgan fingerprint density at radius 3 is 2.68 bits per heavy atom. The molecule has 0 aliphatic carbocycles. The van der Waals surface area contributed by atoms with Gasteiger partial charge >= 0.3 is 0 Å². The maximum atomic E-state index is 4.76. The number of aromatic amines is 1. The van der Waals surface area contributed by atoms with Crippen LogP contribution in [-0.4, -0.2) is 16.2 Å². The van der Waals surface area contributed by atoms with Crippen LogP contribution in [0.15, 0.2) is 41.3 Å². The van der Waals surface area contributed by atoms with E-state index in [0.717, 1.165) is 16.9 Å². The fraction of sp³-hybridized carbons (Fsp3) is 0.188. The summed E-state index contributed by atoms with van der Waals surface area (Å²) in [6.07, 6.45) is 2.09. The molecule has 96 valence electrons. The first-order chi connectivity index (χ1) is 9.19. The van der Waals surface area contributed by atoms with Crippen LogP contribution < -0.4 is 0 Å². The summed E-state index contributed by atoms with van der Waals surface area (Å²) in [4.78, 5) is 9.45. The van der Waals surface area contributed by atoms with E-state index in [2.05, 4.69) is 61.5 Å². The highest BCUT2D eigenvalue weighted by Crippen LogP contribution is 2.30. The van der Waals surface area contributed by atoms with Crippen LogP contribution in [0.3, 0.4) is 0 Å². The zero-order chi connectivity index (χ0) is 13.4. The molecule has 0 atom stereocenters. The van der Waals surface area contributed by atoms with Crippen molar-refractivity contribution in [1.29, 1.82) is 0 Å². The number of hydrogen-bond donors (Lipinski definition) is 1. The fourth-order valence-electron chi connectivity index (χ4n) is 2.44. The van der Waals surface area contributed by atoms with Crippen LogP contribution in [0, 0.1) is 13.8 Å². The smallest absolute Gasteiger partial charge is 0.139 e. The summed E-state index contributed by atoms with van der Waals surface area (Å²) >= 11 is 1.75. The molecule has 0 bridgehead atoms. The summed E-state index contributed by atoms with van der Waals surface area (Å²) in [5.74, 6) is 0.952. The van der Waals surface area contributed by atoms with Crippen LogP contribution in [0.1, 0.15) is 11.1 Å². The Balaban J connectivity index is 2.23. The topological polar surface area (TPSA) is 28.7 Å². The van der Waals surface area contributed by atoms with Crippen molar-refractivity contribution in [2.45, 2.75) is 18.7 Å². The van der Waals surface area contributed by atoms with Crippen LogP contribution >= 0.6 is 11.8 Å². The van der Waals surface area contributed by atoms with Crippen LogP contribution in [0.25, 0.3) is 22.4 Å². The third kappa shape index (κ3) is 2.15. The van der Waals surface area contributed by atoms with Crippen LogP contribution in [0.5, 0.6) is 0 Å². The maximum Gasteiger partial charge on any atom is 0.139 e. The molecule has 2 nitrogen and oxygen atoms in total. The number of fused-ring (bicyclic) bond motifs is 1. The van der Waals surface area contributed by atoms with Gasteiger partial charge in [0, 0.05) is 10.5 Å². The molecule has 0 saturated heterocycles. The van der Waals surface area contributed by atoms with Gasteiger partial charge in [0.2, 0.25) is 0 Å². The molecule has 0 aliphatic heterocycles. The highest BCUT2D eigenvalue weighted by atomic mass is 32.2. The van der Waals surface area contributed by atoms with Gasteiger partial charge in [-0.3, -0.25) is 0 Å². The Morgan fingerprint density at radius 2 is 1.89 bits per heavy atom. The number of hydrogen-bond acceptors (Lipinski definition) is 2. The largest absolute Gasteiger partial charge is 0.338 e. The van der Waals surface area contributed by atoms with Gasteiger partial charge in [0.25, 0.3) is 0 Å². The minimum atomic E-state index is 0.952. The quantitative estimate of drug-likeness (QED) is 0.690. The third-order valence-electron chi connectivity index (χ3n) is 3.28. The second-order valence-corrected chi connectivity index (χ2v) is 5.61. The normalized spacial score (nSPS) is 11.1. The zero-order valence-electron chi connectivity index (χ0n) is 11.3. The first-order valence-electron chi connectivity index (χ1n) is 6.29. The van der Waals surface area contributed by atoms with E-state index >= 15 is 0 Å². The van der Waals surface area contributed by atoms with Gasteiger partial charge in [0.15, 0.2) is 0 Å². The number of imidazole rings is 1. The molecule has 1 N–H and O–H groups in total. The molecule has 0 radical (unpaired) electrons. The van der Waals surface area contributed by atoms with Crippen molar-refractivity contribution in [3.8, 4) is 11.4 Å². The lowest BCUT2D eigenvalue weighted by Crippen LogP contribution is -1.83. The van der Waals surface area contributed by atoms with Crippen molar-refractivity contribution in [3.05, 3.63) is 47.5 Å². The van der Waals surface area contributed by atoms with Gasteiger partial charge in [-0.05, 0) is 43.4 Å². The minimum absolute atomic E-state index is 0.952. The number of thioether (sulfide) groups is 1. The van der Waals surface area contributed by atoms with Gasteiger partial charge in [-0.25, -0.2) is 4.98 Å². The lowest BCUT2D eigenvalue weighted by molar-refractivity contribution is 1.29. The third-order valence-corrected chi connectivity index (χ3v) is 4.08. The molecule has 3 aromatic rings. The number of nitrogens with zero attached hydrogens (tertiary/aromatic N) is 1. The minimum Gasteiger partial charge on any atom is -0.338 e. The van der Waals surface area contributed by atoms with Gasteiger partial charge in [0.1, 0.15) is 5.82 Å². The number of rotatable bonds is 2. The van der Waals surface area contributed by atoms with Crippen LogP contribution in [0.4, 0.5) is 0 Å². The fourth-order valence-corrected chi connectivity index (χ4v) is 3.04. The highest BCUT2D eigenvalue weighted by molar-refractivity contribution is 7.98. The van der Waals surface area contributed by atoms with Gasteiger partial charge in [-0.15, -0.1) is 11.8 Å². The van der Waals surface area contributed by atoms with E-state index in [9.17, 15) is 0 Å². The molecule has 3 heteroatoms. The Labute approximate surface area is 117 Å². The van der Waals surface area contributed by atoms with Gasteiger partial charge in [-0.2, -0.15) is 0 Å². The number of aromatic nitrogens is 2. The molecule has 0 fully saturated rings. The molecule has 0 aliphatic rings. The number of nitrogens with one attached hydrogen (secondary N) is 1. The first-order valence-corrected chi connectivity index (χ1v) is 7.52. The number of benzene rings is 2. The van der Waals surface area contributed by atoms with Crippen LogP contribution in [0.2, 0.25) is 0 Å². The van der Waals surface area contributed by atoms with E-state index in [0.29, 0.717) is 0 Å². The standard InChI is InChI=1S/C16H16N2S/c1-10-8-11(2)15-13(9-10)17-16(18-15)12-6-4-5-7-14(12)19-3/h4-9H,1-3H3,(H,17,18). The van der Waals surface area contributed by atoms with E-state index in [1.54, 1.807) is 11.8 Å². The molecule has 1 aromatic heterocycles. The Kier molecular flexibility index (Phi) is 3.07. The van der Waals surface area contributed by atoms with E-state index < -0.39 is 0 Å².